The molecule has 1 amide bonds. The van der Waals surface area contributed by atoms with Crippen molar-refractivity contribution in [2.24, 2.45) is 13.0 Å². The lowest BCUT2D eigenvalue weighted by Crippen LogP contribution is -2.44. The van der Waals surface area contributed by atoms with Gasteiger partial charge >= 0.3 is 0 Å². The van der Waals surface area contributed by atoms with E-state index >= 15 is 0 Å². The van der Waals surface area contributed by atoms with Crippen molar-refractivity contribution in [3.63, 3.8) is 0 Å². The normalized spacial score (nSPS) is 19.4. The second kappa shape index (κ2) is 6.76. The van der Waals surface area contributed by atoms with Crippen molar-refractivity contribution in [2.75, 3.05) is 19.6 Å². The first-order chi connectivity index (χ1) is 9.49. The highest BCUT2D eigenvalue weighted by atomic mass is 79.9. The highest BCUT2D eigenvalue weighted by Gasteiger charge is 2.25. The third-order valence-electron chi connectivity index (χ3n) is 3.93. The fraction of sp³-hybridized carbons (Fsp3) is 0.667. The van der Waals surface area contributed by atoms with Crippen molar-refractivity contribution in [1.29, 1.82) is 0 Å². The van der Waals surface area contributed by atoms with Gasteiger partial charge in [0, 0.05) is 30.3 Å². The Morgan fingerprint density at radius 1 is 1.60 bits per heavy atom. The molecule has 20 heavy (non-hydrogen) atoms. The molecule has 1 aromatic rings. The highest BCUT2D eigenvalue weighted by Crippen LogP contribution is 2.19. The number of rotatable bonds is 4. The Morgan fingerprint density at radius 3 is 2.85 bits per heavy atom. The minimum Gasteiger partial charge on any atom is -0.345 e. The number of halogens is 1. The molecule has 1 aromatic heterocycles. The Balaban J connectivity index is 2.11. The van der Waals surface area contributed by atoms with Crippen molar-refractivity contribution >= 4 is 21.8 Å². The zero-order chi connectivity index (χ0) is 14.7. The van der Waals surface area contributed by atoms with Gasteiger partial charge in [-0.3, -0.25) is 4.79 Å². The number of carbonyl (C=O) groups excluding carboxylic acids is 1. The van der Waals surface area contributed by atoms with Gasteiger partial charge in [0.1, 0.15) is 5.69 Å². The number of piperidine rings is 1. The molecule has 2 rings (SSSR count). The zero-order valence-electron chi connectivity index (χ0n) is 12.5. The van der Waals surface area contributed by atoms with Crippen molar-refractivity contribution < 1.29 is 4.79 Å². The topological polar surface area (TPSA) is 37.3 Å². The van der Waals surface area contributed by atoms with E-state index in [1.165, 1.54) is 12.8 Å². The van der Waals surface area contributed by atoms with Crippen LogP contribution in [0.1, 0.15) is 37.2 Å². The summed E-state index contributed by atoms with van der Waals surface area (Å²) in [5, 5.41) is 3.42. The molecule has 0 aromatic carbocycles. The summed E-state index contributed by atoms with van der Waals surface area (Å²) in [6, 6.07) is 2.12. The maximum atomic E-state index is 12.8. The fourth-order valence-corrected chi connectivity index (χ4v) is 3.29. The van der Waals surface area contributed by atoms with E-state index in [0.29, 0.717) is 5.92 Å². The predicted octanol–water partition coefficient (Wildman–Crippen LogP) is 2.64. The maximum absolute atomic E-state index is 12.8. The molecule has 112 valence electrons. The fourth-order valence-electron chi connectivity index (χ4n) is 2.77. The Morgan fingerprint density at radius 2 is 2.35 bits per heavy atom. The van der Waals surface area contributed by atoms with Crippen LogP contribution >= 0.6 is 15.9 Å². The van der Waals surface area contributed by atoms with E-state index in [1.54, 1.807) is 0 Å². The molecule has 1 fully saturated rings. The van der Waals surface area contributed by atoms with Gasteiger partial charge in [0.25, 0.3) is 5.91 Å². The van der Waals surface area contributed by atoms with E-state index in [1.807, 2.05) is 28.8 Å². The largest absolute Gasteiger partial charge is 0.345 e. The average molecular weight is 342 g/mol. The molecule has 1 saturated heterocycles. The summed E-state index contributed by atoms with van der Waals surface area (Å²) in [5.41, 5.74) is 0.745. The first kappa shape index (κ1) is 15.6. The second-order valence-electron chi connectivity index (χ2n) is 5.92. The number of hydrogen-bond donors (Lipinski definition) is 1. The minimum absolute atomic E-state index is 0.124. The van der Waals surface area contributed by atoms with E-state index in [2.05, 4.69) is 35.1 Å². The van der Waals surface area contributed by atoms with Crippen molar-refractivity contribution in [1.82, 2.24) is 14.8 Å². The maximum Gasteiger partial charge on any atom is 0.270 e. The third kappa shape index (κ3) is 3.64. The van der Waals surface area contributed by atoms with Crippen LogP contribution in [0.4, 0.5) is 0 Å². The lowest BCUT2D eigenvalue weighted by molar-refractivity contribution is 0.0651. The SMILES string of the molecule is CC(C)N(CC1CCCNC1)C(=O)c1cc(Br)cn1C. The molecule has 0 bridgehead atoms. The second-order valence-corrected chi connectivity index (χ2v) is 6.83. The van der Waals surface area contributed by atoms with E-state index in [9.17, 15) is 4.79 Å². The highest BCUT2D eigenvalue weighted by molar-refractivity contribution is 9.10. The summed E-state index contributed by atoms with van der Waals surface area (Å²) in [4.78, 5) is 14.8. The number of aromatic nitrogens is 1. The van der Waals surface area contributed by atoms with E-state index in [0.717, 1.165) is 29.8 Å². The summed E-state index contributed by atoms with van der Waals surface area (Å²) >= 11 is 3.43. The zero-order valence-corrected chi connectivity index (χ0v) is 14.1. The van der Waals surface area contributed by atoms with Gasteiger partial charge in [0.2, 0.25) is 0 Å². The average Bonchev–Trinajstić information content (AvgIpc) is 2.75. The van der Waals surface area contributed by atoms with Crippen LogP contribution in [0.15, 0.2) is 16.7 Å². The summed E-state index contributed by atoms with van der Waals surface area (Å²) in [6.07, 6.45) is 4.34. The van der Waals surface area contributed by atoms with E-state index in [4.69, 9.17) is 0 Å². The van der Waals surface area contributed by atoms with Crippen LogP contribution in [0, 0.1) is 5.92 Å². The lowest BCUT2D eigenvalue weighted by atomic mass is 9.98. The summed E-state index contributed by atoms with van der Waals surface area (Å²) in [5.74, 6) is 0.692. The Hall–Kier alpha value is -0.810. The number of amides is 1. The summed E-state index contributed by atoms with van der Waals surface area (Å²) in [7, 11) is 1.92. The molecular weight excluding hydrogens is 318 g/mol. The van der Waals surface area contributed by atoms with Gasteiger partial charge < -0.3 is 14.8 Å². The molecule has 4 nitrogen and oxygen atoms in total. The number of aryl methyl sites for hydroxylation is 1. The molecule has 1 unspecified atom stereocenters. The van der Waals surface area contributed by atoms with Crippen LogP contribution < -0.4 is 5.32 Å². The Labute approximate surface area is 129 Å². The van der Waals surface area contributed by atoms with Crippen LogP contribution in [0.2, 0.25) is 0 Å². The third-order valence-corrected chi connectivity index (χ3v) is 4.36. The molecular formula is C15H24BrN3O. The van der Waals surface area contributed by atoms with Crippen LogP contribution in [0.5, 0.6) is 0 Å². The molecule has 1 N–H and O–H groups in total. The van der Waals surface area contributed by atoms with Crippen LogP contribution in [0.25, 0.3) is 0 Å². The number of nitrogens with one attached hydrogen (secondary N) is 1. The first-order valence-corrected chi connectivity index (χ1v) is 8.12. The van der Waals surface area contributed by atoms with Crippen LogP contribution in [-0.4, -0.2) is 41.1 Å². The molecule has 1 aliphatic rings. The Kier molecular flexibility index (Phi) is 5.27. The van der Waals surface area contributed by atoms with Gasteiger partial charge in [-0.2, -0.15) is 0 Å². The number of carbonyl (C=O) groups is 1. The lowest BCUT2D eigenvalue weighted by Gasteiger charge is -2.33. The van der Waals surface area contributed by atoms with Gasteiger partial charge in [-0.1, -0.05) is 0 Å². The summed E-state index contributed by atoms with van der Waals surface area (Å²) in [6.45, 7) is 7.15. The van der Waals surface area contributed by atoms with Gasteiger partial charge in [-0.25, -0.2) is 0 Å². The molecule has 1 atom stereocenters. The van der Waals surface area contributed by atoms with Gasteiger partial charge in [0.15, 0.2) is 0 Å². The molecule has 2 heterocycles. The summed E-state index contributed by atoms with van der Waals surface area (Å²) < 4.78 is 2.84. The quantitative estimate of drug-likeness (QED) is 0.913. The first-order valence-electron chi connectivity index (χ1n) is 7.32. The van der Waals surface area contributed by atoms with Crippen LogP contribution in [0.3, 0.4) is 0 Å². The Bertz CT molecular complexity index is 464. The van der Waals surface area contributed by atoms with Crippen molar-refractivity contribution in [3.8, 4) is 0 Å². The van der Waals surface area contributed by atoms with E-state index in [-0.39, 0.29) is 11.9 Å². The molecule has 1 aliphatic heterocycles. The monoisotopic (exact) mass is 341 g/mol. The number of hydrogen-bond acceptors (Lipinski definition) is 2. The smallest absolute Gasteiger partial charge is 0.270 e. The molecule has 0 aliphatic carbocycles. The van der Waals surface area contributed by atoms with Gasteiger partial charge in [0.05, 0.1) is 0 Å². The van der Waals surface area contributed by atoms with Crippen molar-refractivity contribution in [2.45, 2.75) is 32.7 Å². The van der Waals surface area contributed by atoms with Gasteiger partial charge in [-0.15, -0.1) is 0 Å². The number of nitrogens with zero attached hydrogens (tertiary/aromatic N) is 2. The molecule has 0 radical (unpaired) electrons. The molecule has 0 spiro atoms. The standard InChI is InChI=1S/C15H24BrN3O/c1-11(2)19(9-12-5-4-6-17-8-12)15(20)14-7-13(16)10-18(14)3/h7,10-12,17H,4-6,8-9H2,1-3H3. The van der Waals surface area contributed by atoms with Crippen molar-refractivity contribution in [3.05, 3.63) is 22.4 Å². The van der Waals surface area contributed by atoms with Gasteiger partial charge in [-0.05, 0) is 67.7 Å². The predicted molar refractivity (Wildman–Crippen MR) is 84.9 cm³/mol. The molecule has 5 heteroatoms. The van der Waals surface area contributed by atoms with Crippen LogP contribution in [-0.2, 0) is 7.05 Å². The molecule has 0 saturated carbocycles. The van der Waals surface area contributed by atoms with E-state index < -0.39 is 0 Å². The minimum atomic E-state index is 0.124.